The molecule has 14 heavy (non-hydrogen) atoms. The van der Waals surface area contributed by atoms with E-state index in [0.29, 0.717) is 0 Å². The zero-order valence-electron chi connectivity index (χ0n) is 9.14. The first-order chi connectivity index (χ1) is 6.17. The van der Waals surface area contributed by atoms with Crippen LogP contribution in [0.15, 0.2) is 0 Å². The molecule has 1 heterocycles. The molecule has 0 aromatic carbocycles. The smallest absolute Gasteiger partial charge is 0.246 e. The van der Waals surface area contributed by atoms with Gasteiger partial charge in [0.15, 0.2) is 0 Å². The monoisotopic (exact) mass is 238 g/mol. The van der Waals surface area contributed by atoms with E-state index in [1.165, 1.54) is 8.84 Å². The SMILES string of the molecule is CC(C)C1(C)N(Cl)C(=O)N(Cl)C1(C)C. The summed E-state index contributed by atoms with van der Waals surface area (Å²) in [6, 6.07) is -0.352. The topological polar surface area (TPSA) is 23.6 Å². The number of carbonyl (C=O) groups is 1. The summed E-state index contributed by atoms with van der Waals surface area (Å²) in [6.07, 6.45) is 0. The van der Waals surface area contributed by atoms with E-state index in [9.17, 15) is 4.79 Å². The zero-order valence-corrected chi connectivity index (χ0v) is 10.6. The van der Waals surface area contributed by atoms with E-state index in [4.69, 9.17) is 23.6 Å². The number of amides is 2. The highest BCUT2D eigenvalue weighted by molar-refractivity contribution is 6.29. The minimum atomic E-state index is -0.485. The van der Waals surface area contributed by atoms with Crippen molar-refractivity contribution < 1.29 is 4.79 Å². The lowest BCUT2D eigenvalue weighted by molar-refractivity contribution is 0.114. The van der Waals surface area contributed by atoms with E-state index >= 15 is 0 Å². The van der Waals surface area contributed by atoms with Crippen LogP contribution in [0.1, 0.15) is 34.6 Å². The van der Waals surface area contributed by atoms with Crippen LogP contribution in [-0.2, 0) is 0 Å². The summed E-state index contributed by atoms with van der Waals surface area (Å²) in [4.78, 5) is 11.6. The second kappa shape index (κ2) is 3.17. The van der Waals surface area contributed by atoms with E-state index in [1.54, 1.807) is 0 Å². The van der Waals surface area contributed by atoms with Crippen molar-refractivity contribution in [2.75, 3.05) is 0 Å². The minimum Gasteiger partial charge on any atom is -0.246 e. The molecule has 2 amide bonds. The Labute approximate surface area is 95.2 Å². The van der Waals surface area contributed by atoms with Crippen LogP contribution in [0.25, 0.3) is 0 Å². The van der Waals surface area contributed by atoms with E-state index in [0.717, 1.165) is 0 Å². The summed E-state index contributed by atoms with van der Waals surface area (Å²) in [5.74, 6) is 0.225. The first-order valence-electron chi connectivity index (χ1n) is 4.63. The molecular formula is C9H16Cl2N2O. The molecular weight excluding hydrogens is 223 g/mol. The number of rotatable bonds is 1. The lowest BCUT2D eigenvalue weighted by Gasteiger charge is -2.43. The van der Waals surface area contributed by atoms with Crippen LogP contribution in [0.5, 0.6) is 0 Å². The lowest BCUT2D eigenvalue weighted by Crippen LogP contribution is -2.56. The summed E-state index contributed by atoms with van der Waals surface area (Å²) in [7, 11) is 0. The average molecular weight is 239 g/mol. The maximum absolute atomic E-state index is 11.6. The van der Waals surface area contributed by atoms with Crippen molar-refractivity contribution in [2.24, 2.45) is 5.92 Å². The third kappa shape index (κ3) is 1.15. The van der Waals surface area contributed by atoms with Crippen LogP contribution < -0.4 is 0 Å². The number of hydrogen-bond acceptors (Lipinski definition) is 1. The van der Waals surface area contributed by atoms with Gasteiger partial charge in [-0.2, -0.15) is 0 Å². The van der Waals surface area contributed by atoms with Gasteiger partial charge in [0.25, 0.3) is 0 Å². The van der Waals surface area contributed by atoms with Crippen LogP contribution in [0.2, 0.25) is 0 Å². The Bertz CT molecular complexity index is 268. The molecule has 0 bridgehead atoms. The molecule has 0 N–H and O–H groups in total. The van der Waals surface area contributed by atoms with E-state index in [2.05, 4.69) is 0 Å². The molecule has 1 aliphatic rings. The van der Waals surface area contributed by atoms with Crippen LogP contribution in [0, 0.1) is 5.92 Å². The Balaban J connectivity index is 3.24. The van der Waals surface area contributed by atoms with Gasteiger partial charge in [-0.1, -0.05) is 13.8 Å². The number of halogens is 2. The minimum absolute atomic E-state index is 0.225. The Kier molecular flexibility index (Phi) is 2.70. The fraction of sp³-hybridized carbons (Fsp3) is 0.889. The van der Waals surface area contributed by atoms with Gasteiger partial charge < -0.3 is 0 Å². The van der Waals surface area contributed by atoms with E-state index in [1.807, 2.05) is 34.6 Å². The molecule has 1 atom stereocenters. The van der Waals surface area contributed by atoms with Crippen LogP contribution in [0.3, 0.4) is 0 Å². The Hall–Kier alpha value is -0.150. The Morgan fingerprint density at radius 2 is 1.57 bits per heavy atom. The fourth-order valence-electron chi connectivity index (χ4n) is 1.89. The fourth-order valence-corrected chi connectivity index (χ4v) is 2.65. The first kappa shape index (κ1) is 11.9. The van der Waals surface area contributed by atoms with Crippen LogP contribution in [-0.4, -0.2) is 25.9 Å². The van der Waals surface area contributed by atoms with Crippen molar-refractivity contribution in [3.05, 3.63) is 0 Å². The number of hydrogen-bond donors (Lipinski definition) is 0. The summed E-state index contributed by atoms with van der Waals surface area (Å²) < 4.78 is 2.39. The molecule has 1 rings (SSSR count). The van der Waals surface area contributed by atoms with E-state index in [-0.39, 0.29) is 11.9 Å². The molecule has 0 spiro atoms. The van der Waals surface area contributed by atoms with Crippen molar-refractivity contribution in [2.45, 2.75) is 45.7 Å². The average Bonchev–Trinajstić information content (AvgIpc) is 2.20. The highest BCUT2D eigenvalue weighted by atomic mass is 35.5. The van der Waals surface area contributed by atoms with Crippen molar-refractivity contribution in [3.8, 4) is 0 Å². The molecule has 0 radical (unpaired) electrons. The third-order valence-corrected chi connectivity index (χ3v) is 4.66. The molecule has 82 valence electrons. The molecule has 1 saturated heterocycles. The second-order valence-electron chi connectivity index (χ2n) is 4.71. The summed E-state index contributed by atoms with van der Waals surface area (Å²) in [5, 5.41) is 0. The zero-order chi connectivity index (χ0) is 11.3. The quantitative estimate of drug-likeness (QED) is 0.644. The van der Waals surface area contributed by atoms with Crippen molar-refractivity contribution >= 4 is 29.6 Å². The predicted octanol–water partition coefficient (Wildman–Crippen LogP) is 3.22. The van der Waals surface area contributed by atoms with E-state index < -0.39 is 11.1 Å². The molecule has 1 aliphatic heterocycles. The number of urea groups is 1. The van der Waals surface area contributed by atoms with Crippen molar-refractivity contribution in [1.29, 1.82) is 0 Å². The van der Waals surface area contributed by atoms with Gasteiger partial charge in [-0.3, -0.25) is 0 Å². The maximum Gasteiger partial charge on any atom is 0.350 e. The van der Waals surface area contributed by atoms with Crippen molar-refractivity contribution in [3.63, 3.8) is 0 Å². The van der Waals surface area contributed by atoms with Gasteiger partial charge in [-0.15, -0.1) is 0 Å². The predicted molar refractivity (Wildman–Crippen MR) is 58.1 cm³/mol. The highest BCUT2D eigenvalue weighted by Gasteiger charge is 2.61. The molecule has 0 aromatic heterocycles. The number of nitrogens with zero attached hydrogens (tertiary/aromatic N) is 2. The molecule has 0 aromatic rings. The van der Waals surface area contributed by atoms with Gasteiger partial charge in [-0.25, -0.2) is 13.6 Å². The first-order valence-corrected chi connectivity index (χ1v) is 5.31. The molecule has 1 fully saturated rings. The highest BCUT2D eigenvalue weighted by Crippen LogP contribution is 2.47. The van der Waals surface area contributed by atoms with Gasteiger partial charge in [0.2, 0.25) is 0 Å². The van der Waals surface area contributed by atoms with Gasteiger partial charge in [0.1, 0.15) is 0 Å². The molecule has 3 nitrogen and oxygen atoms in total. The van der Waals surface area contributed by atoms with Gasteiger partial charge in [0, 0.05) is 23.6 Å². The van der Waals surface area contributed by atoms with Gasteiger partial charge in [-0.05, 0) is 26.7 Å². The summed E-state index contributed by atoms with van der Waals surface area (Å²) >= 11 is 11.9. The molecule has 0 saturated carbocycles. The Morgan fingerprint density at radius 1 is 1.14 bits per heavy atom. The molecule has 1 unspecified atom stereocenters. The number of carbonyl (C=O) groups excluding carboxylic acids is 1. The van der Waals surface area contributed by atoms with Crippen LogP contribution in [0.4, 0.5) is 4.79 Å². The normalized spacial score (nSPS) is 31.9. The summed E-state index contributed by atoms with van der Waals surface area (Å²) in [5.41, 5.74) is -0.949. The largest absolute Gasteiger partial charge is 0.350 e. The maximum atomic E-state index is 11.6. The third-order valence-electron chi connectivity index (χ3n) is 3.60. The lowest BCUT2D eigenvalue weighted by atomic mass is 9.74. The molecule has 0 aliphatic carbocycles. The standard InChI is InChI=1S/C9H16Cl2N2O/c1-6(2)9(5)8(3,4)12(10)7(14)13(9)11/h6H,1-5H3. The van der Waals surface area contributed by atoms with Gasteiger partial charge in [0.05, 0.1) is 11.1 Å². The van der Waals surface area contributed by atoms with Gasteiger partial charge >= 0.3 is 6.03 Å². The van der Waals surface area contributed by atoms with Crippen LogP contribution >= 0.6 is 23.6 Å². The Morgan fingerprint density at radius 3 is 1.71 bits per heavy atom. The van der Waals surface area contributed by atoms with Crippen molar-refractivity contribution in [1.82, 2.24) is 8.84 Å². The second-order valence-corrected chi connectivity index (χ2v) is 5.38. The summed E-state index contributed by atoms with van der Waals surface area (Å²) in [6.45, 7) is 9.84. The molecule has 5 heteroatoms.